The van der Waals surface area contributed by atoms with Crippen molar-refractivity contribution in [3.05, 3.63) is 42.5 Å². The molecule has 2 bridgehead atoms. The molecule has 0 radical (unpaired) electrons. The summed E-state index contributed by atoms with van der Waals surface area (Å²) in [7, 11) is 0. The smallest absolute Gasteiger partial charge is 0.0817 e. The summed E-state index contributed by atoms with van der Waals surface area (Å²) in [5.74, 6) is 0. The van der Waals surface area contributed by atoms with Gasteiger partial charge in [0.15, 0.2) is 0 Å². The molecule has 0 aliphatic carbocycles. The maximum absolute atomic E-state index is 5.67. The maximum Gasteiger partial charge on any atom is 0.0817 e. The predicted molar refractivity (Wildman–Crippen MR) is 60.6 cm³/mol. The molecule has 0 saturated carbocycles. The zero-order chi connectivity index (χ0) is 10.1. The lowest BCUT2D eigenvalue weighted by Crippen LogP contribution is -2.25. The van der Waals surface area contributed by atoms with Crippen LogP contribution in [0.15, 0.2) is 47.5 Å². The average Bonchev–Trinajstić information content (AvgIpc) is 2.60. The van der Waals surface area contributed by atoms with E-state index in [9.17, 15) is 0 Å². The Morgan fingerprint density at radius 3 is 2.33 bits per heavy atom. The molecule has 0 spiro atoms. The fourth-order valence-electron chi connectivity index (χ4n) is 2.12. The minimum atomic E-state index is 0.270. The highest BCUT2D eigenvalue weighted by atomic mass is 16.5. The summed E-state index contributed by atoms with van der Waals surface area (Å²) in [5, 5.41) is 0. The van der Waals surface area contributed by atoms with E-state index in [-0.39, 0.29) is 12.2 Å². The van der Waals surface area contributed by atoms with Gasteiger partial charge < -0.3 is 4.74 Å². The van der Waals surface area contributed by atoms with Gasteiger partial charge in [-0.1, -0.05) is 30.4 Å². The van der Waals surface area contributed by atoms with Crippen molar-refractivity contribution in [1.29, 1.82) is 0 Å². The first-order valence-corrected chi connectivity index (χ1v) is 5.35. The third-order valence-electron chi connectivity index (χ3n) is 2.81. The van der Waals surface area contributed by atoms with E-state index >= 15 is 0 Å². The van der Waals surface area contributed by atoms with Crippen molar-refractivity contribution >= 4 is 11.4 Å². The van der Waals surface area contributed by atoms with Gasteiger partial charge in [-0.3, -0.25) is 4.99 Å². The molecule has 2 nitrogen and oxygen atoms in total. The second-order valence-electron chi connectivity index (χ2n) is 4.02. The van der Waals surface area contributed by atoms with Crippen LogP contribution in [0.1, 0.15) is 12.8 Å². The van der Waals surface area contributed by atoms with Gasteiger partial charge in [0.1, 0.15) is 0 Å². The number of nitrogens with zero attached hydrogens (tertiary/aromatic N) is 1. The molecule has 1 saturated heterocycles. The molecule has 2 aliphatic heterocycles. The van der Waals surface area contributed by atoms with E-state index in [4.69, 9.17) is 4.74 Å². The summed E-state index contributed by atoms with van der Waals surface area (Å²) in [6, 6.07) is 10.1. The Bertz CT molecular complexity index is 392. The molecule has 3 rings (SSSR count). The fraction of sp³-hybridized carbons (Fsp3) is 0.308. The molecule has 2 atom stereocenters. The zero-order valence-electron chi connectivity index (χ0n) is 8.47. The van der Waals surface area contributed by atoms with Crippen LogP contribution in [0.25, 0.3) is 0 Å². The second kappa shape index (κ2) is 3.63. The molecule has 1 aromatic carbocycles. The molecular weight excluding hydrogens is 186 g/mol. The number of benzene rings is 1. The molecule has 15 heavy (non-hydrogen) atoms. The first-order valence-electron chi connectivity index (χ1n) is 5.35. The fourth-order valence-corrected chi connectivity index (χ4v) is 2.12. The SMILES string of the molecule is C1=C[C@H]2CC(=Nc3ccccc3)C[C@@H]1O2. The Labute approximate surface area is 89.3 Å². The highest BCUT2D eigenvalue weighted by Gasteiger charge is 2.27. The highest BCUT2D eigenvalue weighted by molar-refractivity contribution is 5.89. The summed E-state index contributed by atoms with van der Waals surface area (Å²) in [4.78, 5) is 4.66. The summed E-state index contributed by atoms with van der Waals surface area (Å²) in [6.07, 6.45) is 6.73. The van der Waals surface area contributed by atoms with Crippen LogP contribution in [0.2, 0.25) is 0 Å². The summed E-state index contributed by atoms with van der Waals surface area (Å²) < 4.78 is 5.67. The van der Waals surface area contributed by atoms with Gasteiger partial charge in [-0.25, -0.2) is 0 Å². The minimum absolute atomic E-state index is 0.270. The van der Waals surface area contributed by atoms with Crippen LogP contribution in [0.5, 0.6) is 0 Å². The van der Waals surface area contributed by atoms with E-state index in [1.54, 1.807) is 0 Å². The van der Waals surface area contributed by atoms with E-state index < -0.39 is 0 Å². The van der Waals surface area contributed by atoms with Crippen LogP contribution in [-0.4, -0.2) is 17.9 Å². The molecule has 1 aromatic rings. The monoisotopic (exact) mass is 199 g/mol. The van der Waals surface area contributed by atoms with Gasteiger partial charge in [-0.2, -0.15) is 0 Å². The molecular formula is C13H13NO. The van der Waals surface area contributed by atoms with E-state index in [1.807, 2.05) is 30.3 Å². The van der Waals surface area contributed by atoms with Crippen LogP contribution in [0, 0.1) is 0 Å². The zero-order valence-corrected chi connectivity index (χ0v) is 8.47. The van der Waals surface area contributed by atoms with Crippen LogP contribution >= 0.6 is 0 Å². The number of aliphatic imine (C=N–C) groups is 1. The van der Waals surface area contributed by atoms with Gasteiger partial charge in [0.2, 0.25) is 0 Å². The van der Waals surface area contributed by atoms with Crippen molar-refractivity contribution in [3.8, 4) is 0 Å². The Morgan fingerprint density at radius 2 is 1.67 bits per heavy atom. The first kappa shape index (κ1) is 8.86. The minimum Gasteiger partial charge on any atom is -0.366 e. The Kier molecular flexibility index (Phi) is 2.14. The van der Waals surface area contributed by atoms with Crippen molar-refractivity contribution in [2.24, 2.45) is 4.99 Å². The van der Waals surface area contributed by atoms with Crippen LogP contribution < -0.4 is 0 Å². The number of rotatable bonds is 1. The van der Waals surface area contributed by atoms with Crippen molar-refractivity contribution in [1.82, 2.24) is 0 Å². The lowest BCUT2D eigenvalue weighted by Gasteiger charge is -2.21. The van der Waals surface area contributed by atoms with Gasteiger partial charge in [-0.05, 0) is 12.1 Å². The normalized spacial score (nSPS) is 31.1. The van der Waals surface area contributed by atoms with Crippen molar-refractivity contribution < 1.29 is 4.74 Å². The average molecular weight is 199 g/mol. The summed E-state index contributed by atoms with van der Waals surface area (Å²) in [6.45, 7) is 0. The van der Waals surface area contributed by atoms with Crippen LogP contribution in [-0.2, 0) is 4.74 Å². The third kappa shape index (κ3) is 1.85. The van der Waals surface area contributed by atoms with Gasteiger partial charge in [-0.15, -0.1) is 0 Å². The van der Waals surface area contributed by atoms with E-state index in [0.29, 0.717) is 0 Å². The lowest BCUT2D eigenvalue weighted by atomic mass is 10.1. The van der Waals surface area contributed by atoms with Gasteiger partial charge in [0, 0.05) is 18.6 Å². The standard InChI is InChI=1S/C13H13NO/c1-2-4-10(5-3-1)14-11-8-12-6-7-13(9-11)15-12/h1-7,12-13H,8-9H2/t12-,13+. The number of para-hydroxylation sites is 1. The molecule has 2 heteroatoms. The van der Waals surface area contributed by atoms with Crippen molar-refractivity contribution in [3.63, 3.8) is 0 Å². The lowest BCUT2D eigenvalue weighted by molar-refractivity contribution is 0.0560. The summed E-state index contributed by atoms with van der Waals surface area (Å²) >= 11 is 0. The molecule has 0 amide bonds. The quantitative estimate of drug-likeness (QED) is 0.637. The Balaban J connectivity index is 1.81. The van der Waals surface area contributed by atoms with Crippen molar-refractivity contribution in [2.75, 3.05) is 0 Å². The van der Waals surface area contributed by atoms with Gasteiger partial charge >= 0.3 is 0 Å². The molecule has 76 valence electrons. The largest absolute Gasteiger partial charge is 0.366 e. The van der Waals surface area contributed by atoms with Gasteiger partial charge in [0.25, 0.3) is 0 Å². The topological polar surface area (TPSA) is 21.6 Å². The maximum atomic E-state index is 5.67. The van der Waals surface area contributed by atoms with Crippen LogP contribution in [0.4, 0.5) is 5.69 Å². The number of ether oxygens (including phenoxy) is 1. The molecule has 2 heterocycles. The first-order chi connectivity index (χ1) is 7.40. The molecule has 0 unspecified atom stereocenters. The molecule has 1 fully saturated rings. The molecule has 2 aliphatic rings. The Hall–Kier alpha value is -1.41. The van der Waals surface area contributed by atoms with E-state index in [0.717, 1.165) is 18.5 Å². The number of fused-ring (bicyclic) bond motifs is 2. The van der Waals surface area contributed by atoms with Crippen molar-refractivity contribution in [2.45, 2.75) is 25.0 Å². The third-order valence-corrected chi connectivity index (χ3v) is 2.81. The second-order valence-corrected chi connectivity index (χ2v) is 4.02. The highest BCUT2D eigenvalue weighted by Crippen LogP contribution is 2.26. The van der Waals surface area contributed by atoms with E-state index in [1.165, 1.54) is 5.71 Å². The number of hydrogen-bond donors (Lipinski definition) is 0. The van der Waals surface area contributed by atoms with E-state index in [2.05, 4.69) is 17.1 Å². The summed E-state index contributed by atoms with van der Waals surface area (Å²) in [5.41, 5.74) is 2.31. The number of hydrogen-bond acceptors (Lipinski definition) is 2. The molecule has 0 N–H and O–H groups in total. The predicted octanol–water partition coefficient (Wildman–Crippen LogP) is 2.88. The van der Waals surface area contributed by atoms with Crippen LogP contribution in [0.3, 0.4) is 0 Å². The van der Waals surface area contributed by atoms with Gasteiger partial charge in [0.05, 0.1) is 17.9 Å². The Morgan fingerprint density at radius 1 is 1.00 bits per heavy atom. The molecule has 0 aromatic heterocycles.